The number of nitrogens with zero attached hydrogens (tertiary/aromatic N) is 2. The number of aryl methyl sites for hydroxylation is 1. The highest BCUT2D eigenvalue weighted by Crippen LogP contribution is 2.21. The second-order valence-electron chi connectivity index (χ2n) is 6.87. The van der Waals surface area contributed by atoms with Crippen LogP contribution in [0.4, 0.5) is 0 Å². The maximum absolute atomic E-state index is 12.4. The Morgan fingerprint density at radius 1 is 1.21 bits per heavy atom. The number of imidazole rings is 1. The second kappa shape index (κ2) is 9.70. The first-order chi connectivity index (χ1) is 13.5. The molecule has 0 aliphatic heterocycles. The second-order valence-corrected chi connectivity index (χ2v) is 8.58. The molecule has 3 rings (SSSR count). The van der Waals surface area contributed by atoms with Crippen molar-refractivity contribution in [2.75, 3.05) is 13.2 Å². The normalized spacial score (nSPS) is 14.9. The molecular formula is C19H26N4O4S. The summed E-state index contributed by atoms with van der Waals surface area (Å²) >= 11 is 0. The molecule has 2 aromatic rings. The summed E-state index contributed by atoms with van der Waals surface area (Å²) in [6.45, 7) is 1.22. The average Bonchev–Trinajstić information content (AvgIpc) is 3.38. The van der Waals surface area contributed by atoms with E-state index in [1.54, 1.807) is 24.7 Å². The van der Waals surface area contributed by atoms with Crippen molar-refractivity contribution in [2.24, 2.45) is 0 Å². The van der Waals surface area contributed by atoms with Gasteiger partial charge in [-0.2, -0.15) is 0 Å². The summed E-state index contributed by atoms with van der Waals surface area (Å²) in [4.78, 5) is 16.0. The van der Waals surface area contributed by atoms with Crippen LogP contribution in [0.1, 0.15) is 32.1 Å². The van der Waals surface area contributed by atoms with Crippen molar-refractivity contribution in [1.82, 2.24) is 19.6 Å². The van der Waals surface area contributed by atoms with Crippen LogP contribution in [-0.4, -0.2) is 43.1 Å². The van der Waals surface area contributed by atoms with E-state index < -0.39 is 10.0 Å². The molecule has 1 saturated carbocycles. The maximum atomic E-state index is 12.4. The molecule has 0 spiro atoms. The first-order valence-electron chi connectivity index (χ1n) is 9.50. The molecule has 0 saturated heterocycles. The minimum Gasteiger partial charge on any atom is -0.484 e. The third kappa shape index (κ3) is 6.07. The van der Waals surface area contributed by atoms with E-state index in [2.05, 4.69) is 15.0 Å². The number of aromatic nitrogens is 2. The van der Waals surface area contributed by atoms with Crippen LogP contribution < -0.4 is 14.8 Å². The van der Waals surface area contributed by atoms with Gasteiger partial charge in [-0.15, -0.1) is 0 Å². The van der Waals surface area contributed by atoms with E-state index in [1.165, 1.54) is 12.1 Å². The Kier molecular flexibility index (Phi) is 7.05. The number of carbonyl (C=O) groups excluding carboxylic acids is 1. The molecule has 1 aromatic heterocycles. The summed E-state index contributed by atoms with van der Waals surface area (Å²) in [5.41, 5.74) is 0. The standard InChI is InChI=1S/C19H26N4O4S/c24-19(21-10-3-12-23-13-11-20-15-23)14-27-17-6-8-18(9-7-17)28(25,26)22-16-4-1-2-5-16/h6-9,11,13,15-16,22H,1-5,10,12,14H2,(H,21,24). The Labute approximate surface area is 165 Å². The lowest BCUT2D eigenvalue weighted by Gasteiger charge is -2.13. The van der Waals surface area contributed by atoms with Crippen LogP contribution in [-0.2, 0) is 21.4 Å². The van der Waals surface area contributed by atoms with Gasteiger partial charge >= 0.3 is 0 Å². The summed E-state index contributed by atoms with van der Waals surface area (Å²) in [7, 11) is -3.52. The van der Waals surface area contributed by atoms with Crippen molar-refractivity contribution in [1.29, 1.82) is 0 Å². The molecule has 1 amide bonds. The first-order valence-corrected chi connectivity index (χ1v) is 11.0. The van der Waals surface area contributed by atoms with E-state index in [9.17, 15) is 13.2 Å². The lowest BCUT2D eigenvalue weighted by Crippen LogP contribution is -2.32. The molecule has 1 fully saturated rings. The number of sulfonamides is 1. The highest BCUT2D eigenvalue weighted by atomic mass is 32.2. The molecule has 0 radical (unpaired) electrons. The summed E-state index contributed by atoms with van der Waals surface area (Å²) in [6.07, 6.45) is 10.0. The van der Waals surface area contributed by atoms with Crippen molar-refractivity contribution in [2.45, 2.75) is 49.6 Å². The highest BCUT2D eigenvalue weighted by Gasteiger charge is 2.22. The fourth-order valence-electron chi connectivity index (χ4n) is 3.15. The molecule has 8 nitrogen and oxygen atoms in total. The Balaban J connectivity index is 1.39. The largest absolute Gasteiger partial charge is 0.484 e. The third-order valence-corrected chi connectivity index (χ3v) is 6.19. The number of ether oxygens (including phenoxy) is 1. The minimum atomic E-state index is -3.52. The van der Waals surface area contributed by atoms with Gasteiger partial charge in [-0.25, -0.2) is 18.1 Å². The van der Waals surface area contributed by atoms with Gasteiger partial charge in [0.1, 0.15) is 5.75 Å². The molecule has 2 N–H and O–H groups in total. The van der Waals surface area contributed by atoms with Gasteiger partial charge in [0.05, 0.1) is 11.2 Å². The molecule has 1 aromatic carbocycles. The third-order valence-electron chi connectivity index (χ3n) is 4.66. The highest BCUT2D eigenvalue weighted by molar-refractivity contribution is 7.89. The van der Waals surface area contributed by atoms with E-state index >= 15 is 0 Å². The van der Waals surface area contributed by atoms with Gasteiger partial charge in [0.2, 0.25) is 10.0 Å². The molecule has 0 unspecified atom stereocenters. The van der Waals surface area contributed by atoms with Gasteiger partial charge in [0, 0.05) is 31.5 Å². The minimum absolute atomic E-state index is 0.0263. The fraction of sp³-hybridized carbons (Fsp3) is 0.474. The zero-order valence-corrected chi connectivity index (χ0v) is 16.5. The molecule has 9 heteroatoms. The Hall–Kier alpha value is -2.39. The monoisotopic (exact) mass is 406 g/mol. The summed E-state index contributed by atoms with van der Waals surface area (Å²) < 4.78 is 34.9. The quantitative estimate of drug-likeness (QED) is 0.585. The topological polar surface area (TPSA) is 102 Å². The SMILES string of the molecule is O=C(COc1ccc(S(=O)(=O)NC2CCCC2)cc1)NCCCn1ccnc1. The zero-order valence-electron chi connectivity index (χ0n) is 15.7. The van der Waals surface area contributed by atoms with Gasteiger partial charge in [0.15, 0.2) is 6.61 Å². The van der Waals surface area contributed by atoms with Gasteiger partial charge in [-0.1, -0.05) is 12.8 Å². The number of hydrogen-bond acceptors (Lipinski definition) is 5. The molecule has 1 heterocycles. The van der Waals surface area contributed by atoms with Crippen LogP contribution in [0, 0.1) is 0 Å². The lowest BCUT2D eigenvalue weighted by molar-refractivity contribution is -0.123. The predicted octanol–water partition coefficient (Wildman–Crippen LogP) is 1.69. The number of rotatable bonds is 10. The van der Waals surface area contributed by atoms with E-state index in [1.807, 2.05) is 10.8 Å². The molecule has 1 aliphatic rings. The lowest BCUT2D eigenvalue weighted by atomic mass is 10.3. The van der Waals surface area contributed by atoms with Crippen LogP contribution >= 0.6 is 0 Å². The van der Waals surface area contributed by atoms with Crippen LogP contribution in [0.2, 0.25) is 0 Å². The van der Waals surface area contributed by atoms with Crippen LogP contribution in [0.25, 0.3) is 0 Å². The molecule has 28 heavy (non-hydrogen) atoms. The number of amides is 1. The number of benzene rings is 1. The summed E-state index contributed by atoms with van der Waals surface area (Å²) in [5.74, 6) is 0.235. The van der Waals surface area contributed by atoms with Crippen LogP contribution in [0.3, 0.4) is 0 Å². The van der Waals surface area contributed by atoms with Crippen molar-refractivity contribution in [3.05, 3.63) is 43.0 Å². The van der Waals surface area contributed by atoms with Crippen molar-refractivity contribution < 1.29 is 17.9 Å². The van der Waals surface area contributed by atoms with E-state index in [4.69, 9.17) is 4.74 Å². The van der Waals surface area contributed by atoms with Gasteiger partial charge in [-0.05, 0) is 43.5 Å². The maximum Gasteiger partial charge on any atom is 0.257 e. The molecule has 152 valence electrons. The summed E-state index contributed by atoms with van der Waals surface area (Å²) in [5, 5.41) is 2.79. The zero-order chi connectivity index (χ0) is 19.8. The fourth-order valence-corrected chi connectivity index (χ4v) is 4.46. The van der Waals surface area contributed by atoms with Gasteiger partial charge in [0.25, 0.3) is 5.91 Å². The molecular weight excluding hydrogens is 380 g/mol. The van der Waals surface area contributed by atoms with Crippen LogP contribution in [0.5, 0.6) is 5.75 Å². The average molecular weight is 407 g/mol. The Morgan fingerprint density at radius 2 is 1.96 bits per heavy atom. The Morgan fingerprint density at radius 3 is 2.64 bits per heavy atom. The molecule has 1 aliphatic carbocycles. The summed E-state index contributed by atoms with van der Waals surface area (Å²) in [6, 6.07) is 6.15. The van der Waals surface area contributed by atoms with Crippen molar-refractivity contribution in [3.63, 3.8) is 0 Å². The van der Waals surface area contributed by atoms with E-state index in [-0.39, 0.29) is 23.5 Å². The van der Waals surface area contributed by atoms with Gasteiger partial charge < -0.3 is 14.6 Å². The number of hydrogen-bond donors (Lipinski definition) is 2. The van der Waals surface area contributed by atoms with Crippen molar-refractivity contribution in [3.8, 4) is 5.75 Å². The first kappa shape index (κ1) is 20.3. The van der Waals surface area contributed by atoms with Crippen molar-refractivity contribution >= 4 is 15.9 Å². The van der Waals surface area contributed by atoms with Crippen LogP contribution in [0.15, 0.2) is 47.9 Å². The number of nitrogens with one attached hydrogen (secondary N) is 2. The number of carbonyl (C=O) groups is 1. The molecule has 0 bridgehead atoms. The van der Waals surface area contributed by atoms with Gasteiger partial charge in [-0.3, -0.25) is 4.79 Å². The Bertz CT molecular complexity index is 845. The van der Waals surface area contributed by atoms with E-state index in [0.29, 0.717) is 12.3 Å². The smallest absolute Gasteiger partial charge is 0.257 e. The predicted molar refractivity (Wildman–Crippen MR) is 104 cm³/mol. The molecule has 0 atom stereocenters. The van der Waals surface area contributed by atoms with E-state index in [0.717, 1.165) is 38.6 Å².